The maximum atomic E-state index is 12.2. The van der Waals surface area contributed by atoms with E-state index in [4.69, 9.17) is 37.7 Å². The number of thioether (sulfide) groups is 1. The van der Waals surface area contributed by atoms with Gasteiger partial charge in [0.2, 0.25) is 0 Å². The molecule has 0 spiro atoms. The van der Waals surface area contributed by atoms with Gasteiger partial charge in [0, 0.05) is 27.6 Å². The first-order chi connectivity index (χ1) is 14.4. The van der Waals surface area contributed by atoms with Crippen molar-refractivity contribution >= 4 is 55.7 Å². The summed E-state index contributed by atoms with van der Waals surface area (Å²) in [7, 11) is -3.12. The van der Waals surface area contributed by atoms with Gasteiger partial charge in [-0.05, 0) is 29.8 Å². The predicted molar refractivity (Wildman–Crippen MR) is 121 cm³/mol. The molecule has 3 heterocycles. The fourth-order valence-electron chi connectivity index (χ4n) is 3.92. The van der Waals surface area contributed by atoms with Crippen LogP contribution in [0.1, 0.15) is 5.56 Å². The predicted octanol–water partition coefficient (Wildman–Crippen LogP) is 4.04. The monoisotopic (exact) mass is 484 g/mol. The van der Waals surface area contributed by atoms with Gasteiger partial charge in [0.05, 0.1) is 23.6 Å². The van der Waals surface area contributed by atoms with Crippen molar-refractivity contribution in [3.05, 3.63) is 52.0 Å². The summed E-state index contributed by atoms with van der Waals surface area (Å²) in [4.78, 5) is 6.76. The normalized spacial score (nSPS) is 23.9. The molecule has 5 rings (SSSR count). The van der Waals surface area contributed by atoms with Crippen molar-refractivity contribution in [1.29, 1.82) is 0 Å². The van der Waals surface area contributed by atoms with Crippen LogP contribution in [-0.4, -0.2) is 50.4 Å². The molecule has 0 aliphatic carbocycles. The Balaban J connectivity index is 1.47. The summed E-state index contributed by atoms with van der Waals surface area (Å²) < 4.78 is 35.8. The number of fused-ring (bicyclic) bond motifs is 2. The molecule has 0 aromatic heterocycles. The van der Waals surface area contributed by atoms with Crippen LogP contribution < -0.4 is 14.4 Å². The quantitative estimate of drug-likeness (QED) is 0.654. The van der Waals surface area contributed by atoms with Crippen molar-refractivity contribution < 1.29 is 17.9 Å². The van der Waals surface area contributed by atoms with Crippen molar-refractivity contribution in [2.75, 3.05) is 29.6 Å². The van der Waals surface area contributed by atoms with Crippen LogP contribution in [-0.2, 0) is 15.6 Å². The zero-order chi connectivity index (χ0) is 20.9. The molecule has 0 unspecified atom stereocenters. The number of rotatable bonds is 3. The zero-order valence-corrected chi connectivity index (χ0v) is 18.9. The first kappa shape index (κ1) is 20.3. The number of aliphatic imine (C=N–C) groups is 1. The minimum atomic E-state index is -3.12. The van der Waals surface area contributed by atoms with Gasteiger partial charge in [-0.1, -0.05) is 41.0 Å². The van der Waals surface area contributed by atoms with Crippen LogP contribution in [0.15, 0.2) is 41.4 Å². The van der Waals surface area contributed by atoms with E-state index in [1.165, 1.54) is 11.8 Å². The van der Waals surface area contributed by atoms with Gasteiger partial charge >= 0.3 is 0 Å². The van der Waals surface area contributed by atoms with E-state index in [2.05, 4.69) is 0 Å². The van der Waals surface area contributed by atoms with Crippen LogP contribution in [0, 0.1) is 0 Å². The minimum Gasteiger partial charge on any atom is -0.486 e. The molecule has 0 N–H and O–H groups in total. The highest BCUT2D eigenvalue weighted by Gasteiger charge is 2.47. The van der Waals surface area contributed by atoms with E-state index in [1.807, 2.05) is 29.2 Å². The van der Waals surface area contributed by atoms with E-state index >= 15 is 0 Å². The average molecular weight is 485 g/mol. The van der Waals surface area contributed by atoms with Crippen LogP contribution >= 0.6 is 35.0 Å². The summed E-state index contributed by atoms with van der Waals surface area (Å²) in [6, 6.07) is 10.6. The second-order valence-corrected chi connectivity index (χ2v) is 11.2. The minimum absolute atomic E-state index is 0.0651. The largest absolute Gasteiger partial charge is 0.486 e. The van der Waals surface area contributed by atoms with Crippen LogP contribution in [0.3, 0.4) is 0 Å². The second kappa shape index (κ2) is 7.82. The number of benzene rings is 2. The highest BCUT2D eigenvalue weighted by molar-refractivity contribution is 8.13. The molecule has 10 heteroatoms. The standard InChI is InChI=1S/C20H18Cl2N2O4S2/c21-14-2-1-3-15(22)13(14)9-29-20-23-16-10-30(25,26)11-17(16)24(20)12-4-5-18-19(8-12)28-7-6-27-18/h1-5,8,16-17H,6-7,9-11H2/t16-,17+/m0/s1. The Hall–Kier alpha value is -1.61. The number of sulfone groups is 1. The Morgan fingerprint density at radius 2 is 1.80 bits per heavy atom. The van der Waals surface area contributed by atoms with Crippen LogP contribution in [0.25, 0.3) is 0 Å². The average Bonchev–Trinajstić information content (AvgIpc) is 3.18. The smallest absolute Gasteiger partial charge is 0.164 e. The molecule has 0 amide bonds. The molecule has 2 atom stereocenters. The van der Waals surface area contributed by atoms with Gasteiger partial charge in [-0.3, -0.25) is 4.99 Å². The van der Waals surface area contributed by atoms with Crippen molar-refractivity contribution in [3.63, 3.8) is 0 Å². The molecular formula is C20H18Cl2N2O4S2. The highest BCUT2D eigenvalue weighted by Crippen LogP contribution is 2.41. The summed E-state index contributed by atoms with van der Waals surface area (Å²) in [6.45, 7) is 0.998. The summed E-state index contributed by atoms with van der Waals surface area (Å²) in [5, 5.41) is 1.96. The fourth-order valence-corrected chi connectivity index (χ4v) is 7.63. The van der Waals surface area contributed by atoms with E-state index in [0.717, 1.165) is 16.4 Å². The molecule has 0 radical (unpaired) electrons. The van der Waals surface area contributed by atoms with E-state index in [1.54, 1.807) is 12.1 Å². The van der Waals surface area contributed by atoms with E-state index < -0.39 is 9.84 Å². The van der Waals surface area contributed by atoms with Gasteiger partial charge in [-0.25, -0.2) is 8.42 Å². The van der Waals surface area contributed by atoms with Gasteiger partial charge in [0.25, 0.3) is 0 Å². The van der Waals surface area contributed by atoms with E-state index in [-0.39, 0.29) is 23.6 Å². The molecule has 6 nitrogen and oxygen atoms in total. The van der Waals surface area contributed by atoms with Crippen molar-refractivity contribution in [2.24, 2.45) is 4.99 Å². The molecular weight excluding hydrogens is 467 g/mol. The molecule has 158 valence electrons. The van der Waals surface area contributed by atoms with Gasteiger partial charge in [-0.15, -0.1) is 0 Å². The molecule has 1 fully saturated rings. The SMILES string of the molecule is O=S1(=O)C[C@@H]2N=C(SCc3c(Cl)cccc3Cl)N(c3ccc4c(c3)OCCO4)[C@@H]2C1. The maximum absolute atomic E-state index is 12.2. The number of ether oxygens (including phenoxy) is 2. The molecule has 3 aliphatic heterocycles. The van der Waals surface area contributed by atoms with Crippen LogP contribution in [0.2, 0.25) is 10.0 Å². The molecule has 2 aromatic rings. The molecule has 2 aromatic carbocycles. The first-order valence-electron chi connectivity index (χ1n) is 9.44. The zero-order valence-electron chi connectivity index (χ0n) is 15.8. The number of amidine groups is 1. The summed E-state index contributed by atoms with van der Waals surface area (Å²) in [5.41, 5.74) is 1.67. The second-order valence-electron chi connectivity index (χ2n) is 7.31. The van der Waals surface area contributed by atoms with Crippen molar-refractivity contribution in [2.45, 2.75) is 17.8 Å². The van der Waals surface area contributed by atoms with Crippen molar-refractivity contribution in [3.8, 4) is 11.5 Å². The Labute approximate surface area is 189 Å². The fraction of sp³-hybridized carbons (Fsp3) is 0.350. The summed E-state index contributed by atoms with van der Waals surface area (Å²) in [6.07, 6.45) is 0. The van der Waals surface area contributed by atoms with Gasteiger partial charge in [-0.2, -0.15) is 0 Å². The Kier molecular flexibility index (Phi) is 5.29. The third-order valence-corrected chi connectivity index (χ3v) is 8.72. The maximum Gasteiger partial charge on any atom is 0.164 e. The summed E-state index contributed by atoms with van der Waals surface area (Å²) in [5.74, 6) is 2.02. The Morgan fingerprint density at radius 3 is 2.57 bits per heavy atom. The number of hydrogen-bond donors (Lipinski definition) is 0. The van der Waals surface area contributed by atoms with Gasteiger partial charge in [0.15, 0.2) is 26.5 Å². The number of nitrogens with zero attached hydrogens (tertiary/aromatic N) is 2. The number of anilines is 1. The van der Waals surface area contributed by atoms with Crippen LogP contribution in [0.5, 0.6) is 11.5 Å². The lowest BCUT2D eigenvalue weighted by atomic mass is 10.1. The Bertz CT molecular complexity index is 1120. The molecule has 1 saturated heterocycles. The molecule has 0 bridgehead atoms. The molecule has 3 aliphatic rings. The lowest BCUT2D eigenvalue weighted by Gasteiger charge is -2.28. The van der Waals surface area contributed by atoms with E-state index in [0.29, 0.717) is 40.5 Å². The first-order valence-corrected chi connectivity index (χ1v) is 13.0. The number of halogens is 2. The van der Waals surface area contributed by atoms with E-state index in [9.17, 15) is 8.42 Å². The lowest BCUT2D eigenvalue weighted by molar-refractivity contribution is 0.171. The third-order valence-electron chi connectivity index (χ3n) is 5.32. The third kappa shape index (κ3) is 3.75. The number of hydrogen-bond acceptors (Lipinski definition) is 7. The van der Waals surface area contributed by atoms with Crippen LogP contribution in [0.4, 0.5) is 5.69 Å². The molecule has 30 heavy (non-hydrogen) atoms. The van der Waals surface area contributed by atoms with Gasteiger partial charge < -0.3 is 14.4 Å². The Morgan fingerprint density at radius 1 is 1.07 bits per heavy atom. The topological polar surface area (TPSA) is 68.2 Å². The highest BCUT2D eigenvalue weighted by atomic mass is 35.5. The molecule has 0 saturated carbocycles. The van der Waals surface area contributed by atoms with Crippen molar-refractivity contribution in [1.82, 2.24) is 0 Å². The summed E-state index contributed by atoms with van der Waals surface area (Å²) >= 11 is 14.1. The lowest BCUT2D eigenvalue weighted by Crippen LogP contribution is -2.39. The van der Waals surface area contributed by atoms with Gasteiger partial charge in [0.1, 0.15) is 13.2 Å².